The van der Waals surface area contributed by atoms with Crippen LogP contribution in [0, 0.1) is 0 Å². The molecule has 1 aliphatic rings. The molecule has 1 saturated carbocycles. The van der Waals surface area contributed by atoms with Gasteiger partial charge >= 0.3 is 0 Å². The molecule has 1 aromatic carbocycles. The van der Waals surface area contributed by atoms with Crippen molar-refractivity contribution in [1.29, 1.82) is 0 Å². The molecule has 8 nitrogen and oxygen atoms in total. The second-order valence-corrected chi connectivity index (χ2v) is 8.33. The van der Waals surface area contributed by atoms with Gasteiger partial charge in [0.15, 0.2) is 17.4 Å². The quantitative estimate of drug-likeness (QED) is 0.316. The number of aromatic amines is 1. The highest BCUT2D eigenvalue weighted by atomic mass is 79.9. The molecule has 0 bridgehead atoms. The van der Waals surface area contributed by atoms with Crippen LogP contribution in [0.25, 0.3) is 11.3 Å². The van der Waals surface area contributed by atoms with Gasteiger partial charge in [0.05, 0.1) is 11.0 Å². The molecule has 3 heterocycles. The zero-order chi connectivity index (χ0) is 20.5. The maximum absolute atomic E-state index is 5.93. The number of rotatable bonds is 7. The third-order valence-electron chi connectivity index (χ3n) is 4.73. The second kappa shape index (κ2) is 8.08. The summed E-state index contributed by atoms with van der Waals surface area (Å²) in [6.45, 7) is 0.399. The van der Waals surface area contributed by atoms with Crippen LogP contribution in [0.15, 0.2) is 51.6 Å². The van der Waals surface area contributed by atoms with E-state index in [9.17, 15) is 0 Å². The zero-order valence-corrected chi connectivity index (χ0v) is 18.0. The lowest BCUT2D eigenvalue weighted by Gasteiger charge is -2.07. The van der Waals surface area contributed by atoms with Crippen LogP contribution in [0.4, 0.5) is 17.6 Å². The fourth-order valence-corrected chi connectivity index (χ4v) is 3.40. The minimum atomic E-state index is 0.399. The minimum absolute atomic E-state index is 0.399. The van der Waals surface area contributed by atoms with E-state index in [1.54, 1.807) is 6.20 Å². The van der Waals surface area contributed by atoms with E-state index >= 15 is 0 Å². The van der Waals surface area contributed by atoms with E-state index < -0.39 is 0 Å². The first-order valence-electron chi connectivity index (χ1n) is 9.44. The van der Waals surface area contributed by atoms with Crippen molar-refractivity contribution >= 4 is 45.1 Å². The fourth-order valence-electron chi connectivity index (χ4n) is 2.98. The van der Waals surface area contributed by atoms with Crippen molar-refractivity contribution < 1.29 is 4.52 Å². The van der Waals surface area contributed by atoms with Gasteiger partial charge in [-0.2, -0.15) is 10.1 Å². The molecule has 5 rings (SSSR count). The second-order valence-electron chi connectivity index (χ2n) is 7.04. The van der Waals surface area contributed by atoms with Crippen LogP contribution in [0.5, 0.6) is 0 Å². The number of anilines is 3. The van der Waals surface area contributed by atoms with Crippen molar-refractivity contribution in [3.63, 3.8) is 0 Å². The van der Waals surface area contributed by atoms with E-state index in [-0.39, 0.29) is 0 Å². The predicted molar refractivity (Wildman–Crippen MR) is 118 cm³/mol. The molecule has 152 valence electrons. The maximum Gasteiger partial charge on any atom is 0.225 e. The fraction of sp³-hybridized carbons (Fsp3) is 0.200. The first-order chi connectivity index (χ1) is 14.6. The first-order valence-corrected chi connectivity index (χ1v) is 10.6. The Kier molecular flexibility index (Phi) is 5.14. The Bertz CT molecular complexity index is 1170. The van der Waals surface area contributed by atoms with Crippen LogP contribution in [0.3, 0.4) is 0 Å². The van der Waals surface area contributed by atoms with E-state index in [1.807, 2.05) is 36.4 Å². The number of nitrogens with zero attached hydrogens (tertiary/aromatic N) is 4. The topological polar surface area (TPSA) is 105 Å². The van der Waals surface area contributed by atoms with Crippen LogP contribution in [-0.4, -0.2) is 25.3 Å². The number of nitrogens with one attached hydrogen (secondary N) is 3. The summed E-state index contributed by atoms with van der Waals surface area (Å²) in [7, 11) is 0. The molecule has 0 atom stereocenters. The molecule has 0 unspecified atom stereocenters. The van der Waals surface area contributed by atoms with Crippen LogP contribution in [0.2, 0.25) is 5.02 Å². The van der Waals surface area contributed by atoms with Gasteiger partial charge in [-0.15, -0.1) is 0 Å². The number of hydrogen-bond acceptors (Lipinski definition) is 7. The van der Waals surface area contributed by atoms with E-state index in [0.717, 1.165) is 27.2 Å². The smallest absolute Gasteiger partial charge is 0.225 e. The summed E-state index contributed by atoms with van der Waals surface area (Å²) in [4.78, 5) is 8.82. The molecule has 3 N–H and O–H groups in total. The number of halogens is 2. The molecule has 4 aromatic rings. The Morgan fingerprint density at radius 1 is 1.20 bits per heavy atom. The molecule has 3 aromatic heterocycles. The number of H-pyrrole nitrogens is 1. The highest BCUT2D eigenvalue weighted by molar-refractivity contribution is 9.10. The third-order valence-corrected chi connectivity index (χ3v) is 5.56. The Morgan fingerprint density at radius 3 is 2.83 bits per heavy atom. The van der Waals surface area contributed by atoms with Gasteiger partial charge in [-0.25, -0.2) is 4.98 Å². The average Bonchev–Trinajstić information content (AvgIpc) is 3.31. The lowest BCUT2D eigenvalue weighted by atomic mass is 10.1. The molecular weight excluding hydrogens is 470 g/mol. The molecule has 0 saturated heterocycles. The first kappa shape index (κ1) is 19.1. The molecule has 0 aliphatic heterocycles. The standard InChI is InChI=1S/C20H17BrClN7O/c21-15-10-24-20(26-19(15)25-18-8-16(27-28-18)11-1-2-11)23-9-14-7-17(29-30-14)12-3-5-13(22)6-4-12/h3-8,10-11H,1-2,9H2,(H3,23,24,25,26,27,28). The van der Waals surface area contributed by atoms with E-state index in [2.05, 4.69) is 51.9 Å². The molecule has 30 heavy (non-hydrogen) atoms. The number of hydrogen-bond donors (Lipinski definition) is 3. The monoisotopic (exact) mass is 485 g/mol. The molecule has 1 aliphatic carbocycles. The molecule has 1 fully saturated rings. The van der Waals surface area contributed by atoms with Gasteiger partial charge in [-0.05, 0) is 40.9 Å². The van der Waals surface area contributed by atoms with Crippen molar-refractivity contribution in [1.82, 2.24) is 25.3 Å². The minimum Gasteiger partial charge on any atom is -0.359 e. The van der Waals surface area contributed by atoms with Gasteiger partial charge in [-0.1, -0.05) is 28.9 Å². The number of benzene rings is 1. The molecule has 0 radical (unpaired) electrons. The summed E-state index contributed by atoms with van der Waals surface area (Å²) in [5.74, 6) is 3.09. The van der Waals surface area contributed by atoms with Crippen LogP contribution < -0.4 is 10.6 Å². The Morgan fingerprint density at radius 2 is 2.03 bits per heavy atom. The summed E-state index contributed by atoms with van der Waals surface area (Å²) in [6, 6.07) is 11.3. The molecule has 0 spiro atoms. The van der Waals surface area contributed by atoms with Gasteiger partial charge in [-0.3, -0.25) is 5.10 Å². The highest BCUT2D eigenvalue weighted by Crippen LogP contribution is 2.39. The Hall–Kier alpha value is -2.91. The van der Waals surface area contributed by atoms with Crippen molar-refractivity contribution in [2.45, 2.75) is 25.3 Å². The maximum atomic E-state index is 5.93. The summed E-state index contributed by atoms with van der Waals surface area (Å²) in [5.41, 5.74) is 2.83. The van der Waals surface area contributed by atoms with Crippen molar-refractivity contribution in [2.75, 3.05) is 10.6 Å². The van der Waals surface area contributed by atoms with Crippen LogP contribution in [0.1, 0.15) is 30.2 Å². The van der Waals surface area contributed by atoms with Crippen LogP contribution >= 0.6 is 27.5 Å². The van der Waals surface area contributed by atoms with Gasteiger partial charge in [0.1, 0.15) is 5.69 Å². The summed E-state index contributed by atoms with van der Waals surface area (Å²) in [5, 5.41) is 18.5. The van der Waals surface area contributed by atoms with Crippen molar-refractivity contribution in [3.8, 4) is 11.3 Å². The van der Waals surface area contributed by atoms with Crippen molar-refractivity contribution in [2.24, 2.45) is 0 Å². The lowest BCUT2D eigenvalue weighted by molar-refractivity contribution is 0.390. The summed E-state index contributed by atoms with van der Waals surface area (Å²) < 4.78 is 6.16. The largest absolute Gasteiger partial charge is 0.359 e. The zero-order valence-electron chi connectivity index (χ0n) is 15.7. The molecular formula is C20H17BrClN7O. The van der Waals surface area contributed by atoms with E-state index in [4.69, 9.17) is 16.1 Å². The Labute approximate surface area is 185 Å². The lowest BCUT2D eigenvalue weighted by Crippen LogP contribution is -2.05. The van der Waals surface area contributed by atoms with Gasteiger partial charge in [0.2, 0.25) is 5.95 Å². The van der Waals surface area contributed by atoms with Crippen LogP contribution in [-0.2, 0) is 6.54 Å². The number of aromatic nitrogens is 5. The van der Waals surface area contributed by atoms with Crippen molar-refractivity contribution in [3.05, 3.63) is 63.5 Å². The molecule has 10 heteroatoms. The third kappa shape index (κ3) is 4.31. The normalized spacial score (nSPS) is 13.4. The highest BCUT2D eigenvalue weighted by Gasteiger charge is 2.25. The van der Waals surface area contributed by atoms with E-state index in [0.29, 0.717) is 35.0 Å². The average molecular weight is 487 g/mol. The van der Waals surface area contributed by atoms with E-state index in [1.165, 1.54) is 12.8 Å². The predicted octanol–water partition coefficient (Wildman–Crippen LogP) is 5.50. The van der Waals surface area contributed by atoms with Gasteiger partial charge < -0.3 is 15.2 Å². The Balaban J connectivity index is 1.25. The van der Waals surface area contributed by atoms with Gasteiger partial charge in [0, 0.05) is 40.5 Å². The molecule has 0 amide bonds. The summed E-state index contributed by atoms with van der Waals surface area (Å²) in [6.07, 6.45) is 4.12. The summed E-state index contributed by atoms with van der Waals surface area (Å²) >= 11 is 9.41. The SMILES string of the molecule is Clc1ccc(-c2cc(CNc3ncc(Br)c(Nc4cc(C5CC5)[nH]n4)n3)on2)cc1. The van der Waals surface area contributed by atoms with Gasteiger partial charge in [0.25, 0.3) is 0 Å².